The second kappa shape index (κ2) is 3.84. The summed E-state index contributed by atoms with van der Waals surface area (Å²) >= 11 is 0. The molecule has 0 radical (unpaired) electrons. The van der Waals surface area contributed by atoms with Gasteiger partial charge in [0.25, 0.3) is 5.56 Å². The number of nitrogens with two attached hydrogens (primary N) is 1. The number of aromatic nitrogens is 2. The molecular formula is C11H14N4O. The van der Waals surface area contributed by atoms with Gasteiger partial charge in [0.1, 0.15) is 17.3 Å². The zero-order valence-corrected chi connectivity index (χ0v) is 9.32. The molecule has 0 saturated carbocycles. The summed E-state index contributed by atoms with van der Waals surface area (Å²) in [5, 5.41) is 2.96. The first kappa shape index (κ1) is 10.5. The van der Waals surface area contributed by atoms with Crippen LogP contribution in [0.15, 0.2) is 23.0 Å². The number of pyridine rings is 1. The van der Waals surface area contributed by atoms with Crippen LogP contribution in [0.4, 0.5) is 11.6 Å². The van der Waals surface area contributed by atoms with Crippen LogP contribution in [0.2, 0.25) is 0 Å². The molecule has 2 rings (SSSR count). The van der Waals surface area contributed by atoms with Crippen molar-refractivity contribution in [3.8, 4) is 0 Å². The van der Waals surface area contributed by atoms with Crippen LogP contribution < -0.4 is 16.6 Å². The van der Waals surface area contributed by atoms with Gasteiger partial charge in [0.05, 0.1) is 5.56 Å². The minimum atomic E-state index is -0.102. The Morgan fingerprint density at radius 2 is 2.25 bits per heavy atom. The third kappa shape index (κ3) is 1.41. The van der Waals surface area contributed by atoms with Crippen LogP contribution in [0.5, 0.6) is 0 Å². The standard InChI is InChI=1S/C11H14N4O/c1-3-7-10(12)14-9-6-4-5-8(13-2)15(9)11(7)16/h4-6,13H,3,12H2,1-2H3. The number of rotatable bonds is 2. The van der Waals surface area contributed by atoms with Gasteiger partial charge in [-0.2, -0.15) is 0 Å². The summed E-state index contributed by atoms with van der Waals surface area (Å²) in [7, 11) is 1.77. The van der Waals surface area contributed by atoms with Gasteiger partial charge in [-0.15, -0.1) is 0 Å². The van der Waals surface area contributed by atoms with Gasteiger partial charge in [-0.3, -0.25) is 4.79 Å². The lowest BCUT2D eigenvalue weighted by molar-refractivity contribution is 0.976. The van der Waals surface area contributed by atoms with Crippen LogP contribution in [-0.4, -0.2) is 16.4 Å². The van der Waals surface area contributed by atoms with E-state index in [4.69, 9.17) is 5.73 Å². The summed E-state index contributed by atoms with van der Waals surface area (Å²) in [6.07, 6.45) is 0.582. The lowest BCUT2D eigenvalue weighted by Crippen LogP contribution is -2.23. The van der Waals surface area contributed by atoms with Crippen LogP contribution in [-0.2, 0) is 6.42 Å². The van der Waals surface area contributed by atoms with Crippen molar-refractivity contribution in [1.29, 1.82) is 0 Å². The van der Waals surface area contributed by atoms with E-state index < -0.39 is 0 Å². The highest BCUT2D eigenvalue weighted by Gasteiger charge is 2.10. The Kier molecular flexibility index (Phi) is 2.52. The van der Waals surface area contributed by atoms with Gasteiger partial charge in [-0.25, -0.2) is 9.38 Å². The minimum absolute atomic E-state index is 0.102. The summed E-state index contributed by atoms with van der Waals surface area (Å²) in [5.74, 6) is 1.03. The van der Waals surface area contributed by atoms with E-state index in [0.29, 0.717) is 29.3 Å². The Bertz CT molecular complexity index is 588. The number of hydrogen-bond acceptors (Lipinski definition) is 4. The van der Waals surface area contributed by atoms with E-state index in [2.05, 4.69) is 10.3 Å². The van der Waals surface area contributed by atoms with Crippen LogP contribution in [0.1, 0.15) is 12.5 Å². The average Bonchev–Trinajstić information content (AvgIpc) is 2.28. The van der Waals surface area contributed by atoms with Gasteiger partial charge in [-0.05, 0) is 18.6 Å². The van der Waals surface area contributed by atoms with Gasteiger partial charge in [-0.1, -0.05) is 13.0 Å². The number of nitrogen functional groups attached to an aromatic ring is 1. The van der Waals surface area contributed by atoms with Crippen LogP contribution in [0.25, 0.3) is 5.65 Å². The molecule has 0 fully saturated rings. The van der Waals surface area contributed by atoms with E-state index in [1.165, 1.54) is 4.40 Å². The van der Waals surface area contributed by atoms with E-state index in [1.807, 2.05) is 19.1 Å². The molecule has 0 aliphatic carbocycles. The Balaban J connectivity index is 2.95. The highest BCUT2D eigenvalue weighted by Crippen LogP contribution is 2.11. The lowest BCUT2D eigenvalue weighted by Gasteiger charge is -2.10. The molecule has 0 bridgehead atoms. The van der Waals surface area contributed by atoms with Crippen molar-refractivity contribution < 1.29 is 0 Å². The zero-order valence-electron chi connectivity index (χ0n) is 9.32. The molecule has 16 heavy (non-hydrogen) atoms. The Labute approximate surface area is 92.9 Å². The third-order valence-corrected chi connectivity index (χ3v) is 2.58. The summed E-state index contributed by atoms with van der Waals surface area (Å²) in [6.45, 7) is 1.89. The van der Waals surface area contributed by atoms with E-state index in [9.17, 15) is 4.79 Å². The third-order valence-electron chi connectivity index (χ3n) is 2.58. The van der Waals surface area contributed by atoms with Crippen LogP contribution >= 0.6 is 0 Å². The molecule has 5 nitrogen and oxygen atoms in total. The van der Waals surface area contributed by atoms with Gasteiger partial charge >= 0.3 is 0 Å². The van der Waals surface area contributed by atoms with Gasteiger partial charge in [0, 0.05) is 7.05 Å². The molecule has 84 valence electrons. The summed E-state index contributed by atoms with van der Waals surface area (Å²) in [6, 6.07) is 5.42. The molecule has 0 saturated heterocycles. The molecule has 5 heteroatoms. The highest BCUT2D eigenvalue weighted by atomic mass is 16.1. The van der Waals surface area contributed by atoms with Gasteiger partial charge < -0.3 is 11.1 Å². The van der Waals surface area contributed by atoms with Crippen LogP contribution in [0, 0.1) is 0 Å². The first-order chi connectivity index (χ1) is 7.69. The topological polar surface area (TPSA) is 72.4 Å². The molecule has 0 aromatic carbocycles. The molecule has 0 spiro atoms. The van der Waals surface area contributed by atoms with Gasteiger partial charge in [0.15, 0.2) is 0 Å². The average molecular weight is 218 g/mol. The van der Waals surface area contributed by atoms with Crippen molar-refractivity contribution in [3.05, 3.63) is 34.1 Å². The molecular weight excluding hydrogens is 204 g/mol. The summed E-state index contributed by atoms with van der Waals surface area (Å²) < 4.78 is 1.54. The van der Waals surface area contributed by atoms with Crippen molar-refractivity contribution in [3.63, 3.8) is 0 Å². The Morgan fingerprint density at radius 1 is 1.50 bits per heavy atom. The van der Waals surface area contributed by atoms with Crippen LogP contribution in [0.3, 0.4) is 0 Å². The molecule has 0 aliphatic rings. The van der Waals surface area contributed by atoms with Crippen molar-refractivity contribution in [2.45, 2.75) is 13.3 Å². The second-order valence-electron chi connectivity index (χ2n) is 3.49. The normalized spacial score (nSPS) is 10.6. The van der Waals surface area contributed by atoms with Crippen molar-refractivity contribution in [2.75, 3.05) is 18.1 Å². The number of nitrogens with one attached hydrogen (secondary N) is 1. The zero-order chi connectivity index (χ0) is 11.7. The molecule has 0 atom stereocenters. The predicted molar refractivity (Wildman–Crippen MR) is 64.8 cm³/mol. The maximum absolute atomic E-state index is 12.2. The van der Waals surface area contributed by atoms with E-state index >= 15 is 0 Å². The number of fused-ring (bicyclic) bond motifs is 1. The number of anilines is 2. The molecule has 0 amide bonds. The number of nitrogens with zero attached hydrogens (tertiary/aromatic N) is 2. The fraction of sp³-hybridized carbons (Fsp3) is 0.273. The fourth-order valence-electron chi connectivity index (χ4n) is 1.76. The van der Waals surface area contributed by atoms with E-state index in [-0.39, 0.29) is 5.56 Å². The molecule has 0 aliphatic heterocycles. The van der Waals surface area contributed by atoms with E-state index in [1.54, 1.807) is 13.1 Å². The summed E-state index contributed by atoms with van der Waals surface area (Å²) in [5.41, 5.74) is 6.76. The SMILES string of the molecule is CCc1c(N)nc2cccc(NC)n2c1=O. The maximum atomic E-state index is 12.2. The van der Waals surface area contributed by atoms with Crippen molar-refractivity contribution in [1.82, 2.24) is 9.38 Å². The maximum Gasteiger partial charge on any atom is 0.264 e. The minimum Gasteiger partial charge on any atom is -0.383 e. The first-order valence-electron chi connectivity index (χ1n) is 5.17. The molecule has 2 aromatic rings. The number of hydrogen-bond donors (Lipinski definition) is 2. The second-order valence-corrected chi connectivity index (χ2v) is 3.49. The fourth-order valence-corrected chi connectivity index (χ4v) is 1.76. The Hall–Kier alpha value is -2.04. The van der Waals surface area contributed by atoms with E-state index in [0.717, 1.165) is 0 Å². The summed E-state index contributed by atoms with van der Waals surface area (Å²) in [4.78, 5) is 16.4. The monoisotopic (exact) mass is 218 g/mol. The smallest absolute Gasteiger partial charge is 0.264 e. The van der Waals surface area contributed by atoms with Gasteiger partial charge in [0.2, 0.25) is 0 Å². The van der Waals surface area contributed by atoms with Crippen molar-refractivity contribution >= 4 is 17.3 Å². The molecule has 2 heterocycles. The van der Waals surface area contributed by atoms with Crippen molar-refractivity contribution in [2.24, 2.45) is 0 Å². The quantitative estimate of drug-likeness (QED) is 0.785. The molecule has 3 N–H and O–H groups in total. The first-order valence-corrected chi connectivity index (χ1v) is 5.17. The largest absolute Gasteiger partial charge is 0.383 e. The lowest BCUT2D eigenvalue weighted by atomic mass is 10.2. The molecule has 2 aromatic heterocycles. The Morgan fingerprint density at radius 3 is 2.88 bits per heavy atom. The highest BCUT2D eigenvalue weighted by molar-refractivity contribution is 5.54. The molecule has 0 unspecified atom stereocenters. The predicted octanol–water partition coefficient (Wildman–Crippen LogP) is 0.881.